The minimum Gasteiger partial charge on any atom is -0.476 e. The number of ether oxygens (including phenoxy) is 1. The van der Waals surface area contributed by atoms with Crippen LogP contribution in [0.1, 0.15) is 23.1 Å². The lowest BCUT2D eigenvalue weighted by Gasteiger charge is -2.34. The highest BCUT2D eigenvalue weighted by molar-refractivity contribution is 7.92. The zero-order valence-electron chi connectivity index (χ0n) is 16.4. The number of nitrogens with one attached hydrogen (secondary N) is 1. The number of benzene rings is 2. The molecule has 0 aromatic heterocycles. The van der Waals surface area contributed by atoms with E-state index in [-0.39, 0.29) is 12.5 Å². The summed E-state index contributed by atoms with van der Waals surface area (Å²) in [5.41, 5.74) is 3.85. The smallest absolute Gasteiger partial charge is 0.263 e. The molecule has 0 aliphatic carbocycles. The van der Waals surface area contributed by atoms with Crippen molar-refractivity contribution < 1.29 is 17.9 Å². The number of amides is 1. The van der Waals surface area contributed by atoms with Crippen LogP contribution in [-0.2, 0) is 21.2 Å². The van der Waals surface area contributed by atoms with Gasteiger partial charge in [0.1, 0.15) is 5.75 Å². The molecule has 6 nitrogen and oxygen atoms in total. The Balaban J connectivity index is 1.62. The van der Waals surface area contributed by atoms with E-state index in [0.717, 1.165) is 24.7 Å². The highest BCUT2D eigenvalue weighted by atomic mass is 32.2. The highest BCUT2D eigenvalue weighted by Crippen LogP contribution is 2.35. The molecule has 1 atom stereocenters. The van der Waals surface area contributed by atoms with Crippen molar-refractivity contribution in [3.05, 3.63) is 59.2 Å². The first-order valence-electron chi connectivity index (χ1n) is 9.32. The molecule has 0 radical (unpaired) electrons. The molecule has 1 unspecified atom stereocenters. The van der Waals surface area contributed by atoms with Gasteiger partial charge in [-0.15, -0.1) is 0 Å². The second-order valence-electron chi connectivity index (χ2n) is 7.26. The summed E-state index contributed by atoms with van der Waals surface area (Å²) in [6.07, 6.45) is 1.93. The first-order valence-corrected chi connectivity index (χ1v) is 11.2. The monoisotopic (exact) mass is 402 g/mol. The largest absolute Gasteiger partial charge is 0.476 e. The fourth-order valence-corrected chi connectivity index (χ4v) is 4.20. The minimum atomic E-state index is -3.51. The third kappa shape index (κ3) is 4.84. The molecule has 1 N–H and O–H groups in total. The Hall–Kier alpha value is -2.54. The van der Waals surface area contributed by atoms with Crippen molar-refractivity contribution >= 4 is 21.6 Å². The van der Waals surface area contributed by atoms with Crippen molar-refractivity contribution in [2.75, 3.05) is 23.7 Å². The fraction of sp³-hybridized carbons (Fsp3) is 0.381. The van der Waals surface area contributed by atoms with E-state index >= 15 is 0 Å². The van der Waals surface area contributed by atoms with Crippen LogP contribution >= 0.6 is 0 Å². The predicted molar refractivity (Wildman–Crippen MR) is 110 cm³/mol. The summed E-state index contributed by atoms with van der Waals surface area (Å²) in [5.74, 6) is 0.103. The molecule has 0 fully saturated rings. The summed E-state index contributed by atoms with van der Waals surface area (Å²) in [6, 6.07) is 13.6. The van der Waals surface area contributed by atoms with Gasteiger partial charge in [-0.25, -0.2) is 8.42 Å². The molecule has 28 heavy (non-hydrogen) atoms. The third-order valence-electron chi connectivity index (χ3n) is 4.70. The molecule has 3 rings (SSSR count). The number of anilines is 1. The Morgan fingerprint density at radius 3 is 2.64 bits per heavy atom. The summed E-state index contributed by atoms with van der Waals surface area (Å²) in [4.78, 5) is 12.6. The van der Waals surface area contributed by atoms with Crippen molar-refractivity contribution in [2.45, 2.75) is 32.8 Å². The van der Waals surface area contributed by atoms with Gasteiger partial charge in [0.25, 0.3) is 5.91 Å². The third-order valence-corrected chi connectivity index (χ3v) is 5.85. The number of rotatable bonds is 6. The molecule has 0 bridgehead atoms. The number of sulfonamides is 1. The Labute approximate surface area is 166 Å². The quantitative estimate of drug-likeness (QED) is 0.754. The Bertz CT molecular complexity index is 972. The molecule has 2 aromatic rings. The number of nitrogens with zero attached hydrogens (tertiary/aromatic N) is 1. The molecular formula is C21H26N2O4S. The predicted octanol–water partition coefficient (Wildman–Crippen LogP) is 2.58. The molecular weight excluding hydrogens is 376 g/mol. The summed E-state index contributed by atoms with van der Waals surface area (Å²) in [6.45, 7) is 4.41. The second-order valence-corrected chi connectivity index (χ2v) is 9.16. The fourth-order valence-electron chi connectivity index (χ4n) is 3.30. The van der Waals surface area contributed by atoms with Crippen LogP contribution in [0.4, 0.5) is 5.69 Å². The first kappa shape index (κ1) is 20.2. The average molecular weight is 403 g/mol. The van der Waals surface area contributed by atoms with Crippen molar-refractivity contribution in [2.24, 2.45) is 0 Å². The summed E-state index contributed by atoms with van der Waals surface area (Å²) in [7, 11) is -3.51. The van der Waals surface area contributed by atoms with Crippen LogP contribution in [0.25, 0.3) is 0 Å². The molecule has 150 valence electrons. The van der Waals surface area contributed by atoms with Gasteiger partial charge in [0.05, 0.1) is 18.5 Å². The maximum atomic E-state index is 12.6. The van der Waals surface area contributed by atoms with Crippen LogP contribution in [-0.4, -0.2) is 39.8 Å². The SMILES string of the molecule is Cc1cccc(CCCNC(=O)C2CN(S(C)(=O)=O)c3cc(C)ccc3O2)c1. The topological polar surface area (TPSA) is 75.7 Å². The van der Waals surface area contributed by atoms with Crippen molar-refractivity contribution in [1.82, 2.24) is 5.32 Å². The molecule has 2 aromatic carbocycles. The zero-order chi connectivity index (χ0) is 20.3. The Kier molecular flexibility index (Phi) is 5.93. The maximum absolute atomic E-state index is 12.6. The van der Waals surface area contributed by atoms with Gasteiger partial charge < -0.3 is 10.1 Å². The molecule has 1 heterocycles. The van der Waals surface area contributed by atoms with Crippen LogP contribution in [0.15, 0.2) is 42.5 Å². The highest BCUT2D eigenvalue weighted by Gasteiger charge is 2.34. The van der Waals surface area contributed by atoms with Crippen molar-refractivity contribution in [3.8, 4) is 5.75 Å². The van der Waals surface area contributed by atoms with E-state index in [9.17, 15) is 13.2 Å². The van der Waals surface area contributed by atoms with Gasteiger partial charge in [-0.1, -0.05) is 35.9 Å². The maximum Gasteiger partial charge on any atom is 0.263 e. The van der Waals surface area contributed by atoms with E-state index in [1.54, 1.807) is 12.1 Å². The Morgan fingerprint density at radius 2 is 1.93 bits per heavy atom. The number of aryl methyl sites for hydroxylation is 3. The molecule has 0 spiro atoms. The summed E-state index contributed by atoms with van der Waals surface area (Å²) in [5, 5.41) is 2.87. The Morgan fingerprint density at radius 1 is 1.18 bits per heavy atom. The molecule has 1 amide bonds. The summed E-state index contributed by atoms with van der Waals surface area (Å²) >= 11 is 0. The van der Waals surface area contributed by atoms with E-state index in [1.807, 2.05) is 19.1 Å². The molecule has 0 saturated carbocycles. The molecule has 1 aliphatic rings. The number of carbonyl (C=O) groups is 1. The van der Waals surface area contributed by atoms with Gasteiger partial charge in [-0.3, -0.25) is 9.10 Å². The average Bonchev–Trinajstić information content (AvgIpc) is 2.63. The van der Waals surface area contributed by atoms with Gasteiger partial charge in [0, 0.05) is 6.54 Å². The van der Waals surface area contributed by atoms with E-state index < -0.39 is 16.1 Å². The zero-order valence-corrected chi connectivity index (χ0v) is 17.3. The minimum absolute atomic E-state index is 0.0288. The van der Waals surface area contributed by atoms with Crippen LogP contribution < -0.4 is 14.4 Å². The lowest BCUT2D eigenvalue weighted by atomic mass is 10.1. The van der Waals surface area contributed by atoms with E-state index in [2.05, 4.69) is 30.4 Å². The van der Waals surface area contributed by atoms with E-state index in [1.165, 1.54) is 15.4 Å². The van der Waals surface area contributed by atoms with Crippen LogP contribution in [0.2, 0.25) is 0 Å². The van der Waals surface area contributed by atoms with Crippen LogP contribution in [0.5, 0.6) is 5.75 Å². The van der Waals surface area contributed by atoms with Crippen molar-refractivity contribution in [3.63, 3.8) is 0 Å². The van der Waals surface area contributed by atoms with Gasteiger partial charge in [0.2, 0.25) is 10.0 Å². The van der Waals surface area contributed by atoms with Crippen LogP contribution in [0, 0.1) is 13.8 Å². The molecule has 0 saturated heterocycles. The number of hydrogen-bond acceptors (Lipinski definition) is 4. The first-order chi connectivity index (χ1) is 13.2. The number of fused-ring (bicyclic) bond motifs is 1. The summed E-state index contributed by atoms with van der Waals surface area (Å²) < 4.78 is 31.5. The van der Waals surface area contributed by atoms with Gasteiger partial charge >= 0.3 is 0 Å². The van der Waals surface area contributed by atoms with Gasteiger partial charge in [0.15, 0.2) is 6.10 Å². The van der Waals surface area contributed by atoms with E-state index in [4.69, 9.17) is 4.74 Å². The molecule has 1 aliphatic heterocycles. The lowest BCUT2D eigenvalue weighted by Crippen LogP contribution is -2.50. The number of hydrogen-bond donors (Lipinski definition) is 1. The van der Waals surface area contributed by atoms with Crippen LogP contribution in [0.3, 0.4) is 0 Å². The van der Waals surface area contributed by atoms with Crippen molar-refractivity contribution in [1.29, 1.82) is 0 Å². The van der Waals surface area contributed by atoms with Gasteiger partial charge in [-0.05, 0) is 49.9 Å². The van der Waals surface area contributed by atoms with Gasteiger partial charge in [-0.2, -0.15) is 0 Å². The van der Waals surface area contributed by atoms with E-state index in [0.29, 0.717) is 18.0 Å². The number of carbonyl (C=O) groups excluding carboxylic acids is 1. The lowest BCUT2D eigenvalue weighted by molar-refractivity contribution is -0.127. The standard InChI is InChI=1S/C21H26N2O4S/c1-15-6-4-7-17(12-15)8-5-11-22-21(24)20-14-23(28(3,25)26)18-13-16(2)9-10-19(18)27-20/h4,6-7,9-10,12-13,20H,5,8,11,14H2,1-3H3,(H,22,24). The normalized spacial score (nSPS) is 16.2. The molecule has 7 heteroatoms. The second kappa shape index (κ2) is 8.22.